The van der Waals surface area contributed by atoms with Crippen LogP contribution in [0.2, 0.25) is 0 Å². The van der Waals surface area contributed by atoms with Gasteiger partial charge in [-0.15, -0.1) is 0 Å². The summed E-state index contributed by atoms with van der Waals surface area (Å²) >= 11 is 0. The number of hydrogen-bond acceptors (Lipinski definition) is 3. The second kappa shape index (κ2) is 5.93. The number of nitrogens with one attached hydrogen (secondary N) is 1. The van der Waals surface area contributed by atoms with Crippen LogP contribution in [0.25, 0.3) is 0 Å². The van der Waals surface area contributed by atoms with Crippen molar-refractivity contribution in [2.75, 3.05) is 5.32 Å². The van der Waals surface area contributed by atoms with Crippen LogP contribution in [0.5, 0.6) is 0 Å². The zero-order valence-electron chi connectivity index (χ0n) is 9.97. The van der Waals surface area contributed by atoms with Crippen molar-refractivity contribution >= 4 is 11.6 Å². The number of benzene rings is 1. The number of nitrogens with zero attached hydrogens (tertiary/aromatic N) is 1. The van der Waals surface area contributed by atoms with E-state index in [9.17, 15) is 4.79 Å². The molecule has 0 radical (unpaired) electrons. The van der Waals surface area contributed by atoms with Gasteiger partial charge in [-0.05, 0) is 23.3 Å². The summed E-state index contributed by atoms with van der Waals surface area (Å²) in [7, 11) is 0. The molecule has 0 unspecified atom stereocenters. The molecule has 3 N–H and O–H groups in total. The van der Waals surface area contributed by atoms with Crippen molar-refractivity contribution in [1.82, 2.24) is 4.98 Å². The molecule has 1 heterocycles. The molecule has 2 aromatic rings. The average molecular weight is 241 g/mol. The molecule has 0 fully saturated rings. The predicted molar refractivity (Wildman–Crippen MR) is 70.9 cm³/mol. The number of aromatic nitrogens is 1. The number of rotatable bonds is 4. The van der Waals surface area contributed by atoms with Gasteiger partial charge in [-0.25, -0.2) is 0 Å². The normalized spacial score (nSPS) is 10.1. The van der Waals surface area contributed by atoms with Gasteiger partial charge in [0.2, 0.25) is 5.91 Å². The van der Waals surface area contributed by atoms with E-state index in [0.717, 1.165) is 11.1 Å². The van der Waals surface area contributed by atoms with Gasteiger partial charge in [-0.3, -0.25) is 9.78 Å². The maximum Gasteiger partial charge on any atom is 0.228 e. The lowest BCUT2D eigenvalue weighted by Gasteiger charge is -2.08. The molecular weight excluding hydrogens is 226 g/mol. The fourth-order valence-corrected chi connectivity index (χ4v) is 1.74. The summed E-state index contributed by atoms with van der Waals surface area (Å²) in [4.78, 5) is 15.8. The van der Waals surface area contributed by atoms with Gasteiger partial charge < -0.3 is 11.1 Å². The Labute approximate surface area is 106 Å². The third kappa shape index (κ3) is 3.15. The molecule has 0 aliphatic rings. The van der Waals surface area contributed by atoms with E-state index in [2.05, 4.69) is 10.3 Å². The van der Waals surface area contributed by atoms with Gasteiger partial charge in [-0.1, -0.05) is 24.3 Å². The standard InChI is InChI=1S/C14H15N3O/c15-9-12-5-2-1-4-11(12)8-14(18)17-13-6-3-7-16-10-13/h1-7,10H,8-9,15H2,(H,17,18). The van der Waals surface area contributed by atoms with Gasteiger partial charge in [-0.2, -0.15) is 0 Å². The molecule has 0 bridgehead atoms. The summed E-state index contributed by atoms with van der Waals surface area (Å²) in [6.45, 7) is 0.441. The fourth-order valence-electron chi connectivity index (χ4n) is 1.74. The van der Waals surface area contributed by atoms with Crippen LogP contribution >= 0.6 is 0 Å². The lowest BCUT2D eigenvalue weighted by Crippen LogP contribution is -2.16. The first kappa shape index (κ1) is 12.3. The molecule has 2 rings (SSSR count). The van der Waals surface area contributed by atoms with E-state index in [4.69, 9.17) is 5.73 Å². The van der Waals surface area contributed by atoms with E-state index in [1.807, 2.05) is 24.3 Å². The zero-order valence-corrected chi connectivity index (χ0v) is 9.97. The van der Waals surface area contributed by atoms with E-state index >= 15 is 0 Å². The van der Waals surface area contributed by atoms with E-state index in [1.165, 1.54) is 0 Å². The van der Waals surface area contributed by atoms with Crippen molar-refractivity contribution in [3.63, 3.8) is 0 Å². The molecule has 4 nitrogen and oxygen atoms in total. The van der Waals surface area contributed by atoms with Gasteiger partial charge in [0.25, 0.3) is 0 Å². The number of pyridine rings is 1. The average Bonchev–Trinajstić information content (AvgIpc) is 2.40. The van der Waals surface area contributed by atoms with Crippen LogP contribution in [0.15, 0.2) is 48.8 Å². The van der Waals surface area contributed by atoms with E-state index in [1.54, 1.807) is 24.5 Å². The van der Waals surface area contributed by atoms with E-state index in [0.29, 0.717) is 18.7 Å². The van der Waals surface area contributed by atoms with E-state index < -0.39 is 0 Å². The molecule has 18 heavy (non-hydrogen) atoms. The van der Waals surface area contributed by atoms with Crippen molar-refractivity contribution in [1.29, 1.82) is 0 Å². The molecule has 0 aliphatic heterocycles. The maximum absolute atomic E-state index is 11.9. The number of carbonyl (C=O) groups is 1. The Balaban J connectivity index is 2.03. The number of nitrogens with two attached hydrogens (primary N) is 1. The lowest BCUT2D eigenvalue weighted by atomic mass is 10.0. The molecular formula is C14H15N3O. The van der Waals surface area contributed by atoms with Crippen LogP contribution < -0.4 is 11.1 Å². The Kier molecular flexibility index (Phi) is 4.04. The topological polar surface area (TPSA) is 68.0 Å². The molecule has 1 aromatic carbocycles. The Morgan fingerprint density at radius 1 is 1.17 bits per heavy atom. The second-order valence-corrected chi connectivity index (χ2v) is 3.94. The minimum atomic E-state index is -0.0658. The first-order valence-electron chi connectivity index (χ1n) is 5.76. The van der Waals surface area contributed by atoms with Crippen molar-refractivity contribution in [2.24, 2.45) is 5.73 Å². The lowest BCUT2D eigenvalue weighted by molar-refractivity contribution is -0.115. The Morgan fingerprint density at radius 2 is 1.94 bits per heavy atom. The third-order valence-corrected chi connectivity index (χ3v) is 2.63. The molecule has 0 atom stereocenters. The SMILES string of the molecule is NCc1ccccc1CC(=O)Nc1cccnc1. The summed E-state index contributed by atoms with van der Waals surface area (Å²) in [5, 5.41) is 2.80. The van der Waals surface area contributed by atoms with Gasteiger partial charge in [0.15, 0.2) is 0 Å². The maximum atomic E-state index is 11.9. The highest BCUT2D eigenvalue weighted by molar-refractivity contribution is 5.92. The molecule has 0 saturated heterocycles. The van der Waals surface area contributed by atoms with Crippen molar-refractivity contribution in [3.05, 3.63) is 59.9 Å². The molecule has 1 aromatic heterocycles. The highest BCUT2D eigenvalue weighted by atomic mass is 16.1. The van der Waals surface area contributed by atoms with Crippen LogP contribution in [0.3, 0.4) is 0 Å². The van der Waals surface area contributed by atoms with Crippen LogP contribution in [-0.2, 0) is 17.8 Å². The Bertz CT molecular complexity index is 526. The van der Waals surface area contributed by atoms with Crippen molar-refractivity contribution < 1.29 is 4.79 Å². The predicted octanol–water partition coefficient (Wildman–Crippen LogP) is 1.72. The molecule has 4 heteroatoms. The summed E-state index contributed by atoms with van der Waals surface area (Å²) < 4.78 is 0. The van der Waals surface area contributed by atoms with Crippen LogP contribution in [0.1, 0.15) is 11.1 Å². The first-order chi connectivity index (χ1) is 8.79. The van der Waals surface area contributed by atoms with Crippen LogP contribution in [0, 0.1) is 0 Å². The monoisotopic (exact) mass is 241 g/mol. The van der Waals surface area contributed by atoms with Crippen molar-refractivity contribution in [2.45, 2.75) is 13.0 Å². The molecule has 0 spiro atoms. The Hall–Kier alpha value is -2.20. The van der Waals surface area contributed by atoms with Crippen molar-refractivity contribution in [3.8, 4) is 0 Å². The summed E-state index contributed by atoms with van der Waals surface area (Å²) in [6.07, 6.45) is 3.61. The minimum absolute atomic E-state index is 0.0658. The Morgan fingerprint density at radius 3 is 2.61 bits per heavy atom. The third-order valence-electron chi connectivity index (χ3n) is 2.63. The van der Waals surface area contributed by atoms with E-state index in [-0.39, 0.29) is 5.91 Å². The van der Waals surface area contributed by atoms with Gasteiger partial charge in [0, 0.05) is 12.7 Å². The smallest absolute Gasteiger partial charge is 0.228 e. The molecule has 0 saturated carbocycles. The molecule has 92 valence electrons. The first-order valence-corrected chi connectivity index (χ1v) is 5.76. The van der Waals surface area contributed by atoms with Crippen LogP contribution in [-0.4, -0.2) is 10.9 Å². The zero-order chi connectivity index (χ0) is 12.8. The molecule has 1 amide bonds. The second-order valence-electron chi connectivity index (χ2n) is 3.94. The number of carbonyl (C=O) groups excluding carboxylic acids is 1. The minimum Gasteiger partial charge on any atom is -0.326 e. The number of hydrogen-bond donors (Lipinski definition) is 2. The summed E-state index contributed by atoms with van der Waals surface area (Å²) in [5.74, 6) is -0.0658. The largest absolute Gasteiger partial charge is 0.326 e. The number of anilines is 1. The van der Waals surface area contributed by atoms with Gasteiger partial charge in [0.1, 0.15) is 0 Å². The fraction of sp³-hybridized carbons (Fsp3) is 0.143. The van der Waals surface area contributed by atoms with Gasteiger partial charge >= 0.3 is 0 Å². The van der Waals surface area contributed by atoms with Crippen LogP contribution in [0.4, 0.5) is 5.69 Å². The molecule has 0 aliphatic carbocycles. The highest BCUT2D eigenvalue weighted by Gasteiger charge is 2.07. The summed E-state index contributed by atoms with van der Waals surface area (Å²) in [6, 6.07) is 11.3. The highest BCUT2D eigenvalue weighted by Crippen LogP contribution is 2.10. The summed E-state index contributed by atoms with van der Waals surface area (Å²) in [5.41, 5.74) is 8.30. The number of amides is 1. The van der Waals surface area contributed by atoms with Gasteiger partial charge in [0.05, 0.1) is 18.3 Å². The quantitative estimate of drug-likeness (QED) is 0.856.